The monoisotopic (exact) mass is 364 g/mol. The molecule has 0 atom stereocenters. The summed E-state index contributed by atoms with van der Waals surface area (Å²) in [6.45, 7) is 0. The molecule has 18 heavy (non-hydrogen) atoms. The van der Waals surface area contributed by atoms with Gasteiger partial charge < -0.3 is 4.74 Å². The molecule has 0 radical (unpaired) electrons. The first-order valence-electron chi connectivity index (χ1n) is 3.85. The topological polar surface area (TPSA) is 80.0 Å². The minimum Gasteiger partial charge on any atom is -0.401 e. The van der Waals surface area contributed by atoms with Gasteiger partial charge in [-0.1, -0.05) is 0 Å². The van der Waals surface area contributed by atoms with Crippen molar-refractivity contribution in [1.82, 2.24) is 4.98 Å². The van der Waals surface area contributed by atoms with E-state index in [0.29, 0.717) is 6.20 Å². The molecule has 0 fully saturated rings. The molecule has 0 saturated heterocycles. The van der Waals surface area contributed by atoms with Crippen molar-refractivity contribution in [2.24, 2.45) is 0 Å². The number of aromatic nitrogens is 1. The second kappa shape index (κ2) is 4.91. The molecule has 0 amide bonds. The summed E-state index contributed by atoms with van der Waals surface area (Å²) in [6, 6.07) is 1.33. The molecule has 1 aromatic heterocycles. The molecule has 1 rings (SSSR count). The highest BCUT2D eigenvalue weighted by Gasteiger charge is 2.35. The summed E-state index contributed by atoms with van der Waals surface area (Å²) < 4.78 is 61.3. The van der Waals surface area contributed by atoms with Gasteiger partial charge in [0.1, 0.15) is 11.0 Å². The molecular weight excluding hydrogens is 365 g/mol. The normalized spacial score (nSPS) is 12.0. The molecule has 0 aromatic carbocycles. The SMILES string of the molecule is N#Cc1ncc(S(=O)(=O)Cl)c(Br)c1OC(F)(F)F. The molecule has 0 aliphatic carbocycles. The van der Waals surface area contributed by atoms with Crippen molar-refractivity contribution in [3.8, 4) is 11.8 Å². The number of hydrogen-bond acceptors (Lipinski definition) is 5. The Hall–Kier alpha value is -1.05. The molecule has 5 nitrogen and oxygen atoms in total. The smallest absolute Gasteiger partial charge is 0.401 e. The van der Waals surface area contributed by atoms with Crippen LogP contribution in [0.1, 0.15) is 5.69 Å². The molecule has 11 heteroatoms. The van der Waals surface area contributed by atoms with Crippen molar-refractivity contribution >= 4 is 35.7 Å². The van der Waals surface area contributed by atoms with Crippen LogP contribution in [0.25, 0.3) is 0 Å². The summed E-state index contributed by atoms with van der Waals surface area (Å²) in [5.74, 6) is -1.06. The van der Waals surface area contributed by atoms with Gasteiger partial charge in [-0.05, 0) is 15.9 Å². The van der Waals surface area contributed by atoms with Gasteiger partial charge in [-0.3, -0.25) is 0 Å². The lowest BCUT2D eigenvalue weighted by Gasteiger charge is -2.12. The Morgan fingerprint density at radius 1 is 1.50 bits per heavy atom. The first-order valence-corrected chi connectivity index (χ1v) is 6.95. The van der Waals surface area contributed by atoms with Crippen LogP contribution in [0, 0.1) is 11.3 Å². The fourth-order valence-electron chi connectivity index (χ4n) is 0.913. The second-order valence-electron chi connectivity index (χ2n) is 2.71. The number of nitriles is 1. The second-order valence-corrected chi connectivity index (χ2v) is 6.04. The molecule has 98 valence electrons. The summed E-state index contributed by atoms with van der Waals surface area (Å²) in [4.78, 5) is 2.49. The number of nitrogens with zero attached hydrogens (tertiary/aromatic N) is 2. The van der Waals surface area contributed by atoms with Crippen molar-refractivity contribution in [3.05, 3.63) is 16.4 Å². The van der Waals surface area contributed by atoms with Crippen LogP contribution >= 0.6 is 26.6 Å². The maximum absolute atomic E-state index is 12.1. The van der Waals surface area contributed by atoms with Gasteiger partial charge in [-0.25, -0.2) is 13.4 Å². The summed E-state index contributed by atoms with van der Waals surface area (Å²) >= 11 is 2.58. The maximum atomic E-state index is 12.1. The third kappa shape index (κ3) is 3.47. The predicted octanol–water partition coefficient (Wildman–Crippen LogP) is 2.54. The fraction of sp³-hybridized carbons (Fsp3) is 0.143. The Morgan fingerprint density at radius 3 is 2.44 bits per heavy atom. The van der Waals surface area contributed by atoms with Gasteiger partial charge in [0.15, 0.2) is 11.4 Å². The number of hydrogen-bond donors (Lipinski definition) is 0. The molecule has 0 bridgehead atoms. The quantitative estimate of drug-likeness (QED) is 0.753. The first kappa shape index (κ1) is 15.0. The van der Waals surface area contributed by atoms with E-state index in [1.165, 1.54) is 6.07 Å². The third-order valence-electron chi connectivity index (χ3n) is 1.53. The van der Waals surface area contributed by atoms with Crippen molar-refractivity contribution in [3.63, 3.8) is 0 Å². The number of pyridine rings is 1. The molecule has 0 aliphatic heterocycles. The van der Waals surface area contributed by atoms with Gasteiger partial charge in [-0.15, -0.1) is 13.2 Å². The molecule has 0 spiro atoms. The van der Waals surface area contributed by atoms with Crippen LogP contribution in [0.3, 0.4) is 0 Å². The largest absolute Gasteiger partial charge is 0.573 e. The van der Waals surface area contributed by atoms with Crippen molar-refractivity contribution in [1.29, 1.82) is 5.26 Å². The fourth-order valence-corrected chi connectivity index (χ4v) is 3.04. The lowest BCUT2D eigenvalue weighted by atomic mass is 10.3. The van der Waals surface area contributed by atoms with Gasteiger partial charge in [0, 0.05) is 16.9 Å². The standard InChI is InChI=1S/C7HBrClF3N2O3S/c8-5-4(18(9,15)16)2-14-3(1-13)6(5)17-7(10,11)12/h2H. The van der Waals surface area contributed by atoms with Gasteiger partial charge in [0.25, 0.3) is 9.05 Å². The lowest BCUT2D eigenvalue weighted by molar-refractivity contribution is -0.275. The summed E-state index contributed by atoms with van der Waals surface area (Å²) in [5.41, 5.74) is -0.733. The number of rotatable bonds is 2. The maximum Gasteiger partial charge on any atom is 0.573 e. The Kier molecular flexibility index (Phi) is 4.09. The van der Waals surface area contributed by atoms with E-state index in [4.69, 9.17) is 15.9 Å². The zero-order valence-electron chi connectivity index (χ0n) is 7.99. The highest BCUT2D eigenvalue weighted by molar-refractivity contribution is 9.10. The van der Waals surface area contributed by atoms with E-state index >= 15 is 0 Å². The van der Waals surface area contributed by atoms with E-state index in [1.54, 1.807) is 0 Å². The lowest BCUT2D eigenvalue weighted by Crippen LogP contribution is -2.19. The molecule has 0 unspecified atom stereocenters. The summed E-state index contributed by atoms with van der Waals surface area (Å²) in [6.07, 6.45) is -4.46. The summed E-state index contributed by atoms with van der Waals surface area (Å²) in [5, 5.41) is 8.57. The average molecular weight is 366 g/mol. The van der Waals surface area contributed by atoms with Gasteiger partial charge >= 0.3 is 6.36 Å². The zero-order valence-corrected chi connectivity index (χ0v) is 11.2. The average Bonchev–Trinajstić information content (AvgIpc) is 2.17. The van der Waals surface area contributed by atoms with Crippen LogP contribution < -0.4 is 4.74 Å². The van der Waals surface area contributed by atoms with Crippen LogP contribution in [-0.4, -0.2) is 19.8 Å². The Labute approximate surface area is 112 Å². The Balaban J connectivity index is 3.53. The van der Waals surface area contributed by atoms with Crippen LogP contribution in [-0.2, 0) is 9.05 Å². The van der Waals surface area contributed by atoms with Gasteiger partial charge in [0.05, 0.1) is 4.47 Å². The van der Waals surface area contributed by atoms with E-state index in [0.717, 1.165) is 0 Å². The van der Waals surface area contributed by atoms with Crippen LogP contribution in [0.15, 0.2) is 15.6 Å². The van der Waals surface area contributed by atoms with Gasteiger partial charge in [0.2, 0.25) is 0 Å². The Morgan fingerprint density at radius 2 is 2.06 bits per heavy atom. The zero-order chi connectivity index (χ0) is 14.1. The molecule has 1 heterocycles. The molecular formula is C7HBrClF3N2O3S. The van der Waals surface area contributed by atoms with E-state index in [1.807, 2.05) is 0 Å². The van der Waals surface area contributed by atoms with E-state index in [2.05, 4.69) is 25.7 Å². The highest BCUT2D eigenvalue weighted by Crippen LogP contribution is 2.37. The summed E-state index contributed by atoms with van der Waals surface area (Å²) in [7, 11) is 0.655. The van der Waals surface area contributed by atoms with Crippen LogP contribution in [0.2, 0.25) is 0 Å². The minimum absolute atomic E-state index is 0.624. The van der Waals surface area contributed by atoms with E-state index in [9.17, 15) is 21.6 Å². The van der Waals surface area contributed by atoms with Crippen LogP contribution in [0.4, 0.5) is 13.2 Å². The van der Waals surface area contributed by atoms with Crippen LogP contribution in [0.5, 0.6) is 5.75 Å². The van der Waals surface area contributed by atoms with Crippen molar-refractivity contribution in [2.75, 3.05) is 0 Å². The van der Waals surface area contributed by atoms with Crippen molar-refractivity contribution < 1.29 is 26.3 Å². The van der Waals surface area contributed by atoms with Crippen molar-refractivity contribution in [2.45, 2.75) is 11.3 Å². The minimum atomic E-state index is -5.11. The third-order valence-corrected chi connectivity index (χ3v) is 3.91. The molecule has 1 aromatic rings. The highest BCUT2D eigenvalue weighted by atomic mass is 79.9. The van der Waals surface area contributed by atoms with E-state index < -0.39 is 36.2 Å². The van der Waals surface area contributed by atoms with E-state index in [-0.39, 0.29) is 0 Å². The number of ether oxygens (including phenoxy) is 1. The number of halogens is 5. The molecule has 0 N–H and O–H groups in total. The number of alkyl halides is 3. The Bertz CT molecular complexity index is 626. The molecule has 0 aliphatic rings. The van der Waals surface area contributed by atoms with Gasteiger partial charge in [-0.2, -0.15) is 5.26 Å². The first-order chi connectivity index (χ1) is 8.06. The predicted molar refractivity (Wildman–Crippen MR) is 56.4 cm³/mol. The molecule has 0 saturated carbocycles.